The number of rotatable bonds is 4. The van der Waals surface area contributed by atoms with Gasteiger partial charge in [-0.25, -0.2) is 22.2 Å². The van der Waals surface area contributed by atoms with Crippen LogP contribution in [0.2, 0.25) is 5.15 Å². The van der Waals surface area contributed by atoms with Gasteiger partial charge in [0.05, 0.1) is 6.54 Å². The summed E-state index contributed by atoms with van der Waals surface area (Å²) in [6.07, 6.45) is -1.85. The van der Waals surface area contributed by atoms with Gasteiger partial charge in [0.25, 0.3) is 12.3 Å². The van der Waals surface area contributed by atoms with E-state index in [9.17, 15) is 22.4 Å². The molecule has 138 valence electrons. The average Bonchev–Trinajstić information content (AvgIpc) is 3.33. The van der Waals surface area contributed by atoms with Crippen LogP contribution in [0.1, 0.15) is 34.5 Å². The number of alkyl halides is 2. The van der Waals surface area contributed by atoms with Gasteiger partial charge in [-0.3, -0.25) is 4.79 Å². The summed E-state index contributed by atoms with van der Waals surface area (Å²) < 4.78 is 55.5. The van der Waals surface area contributed by atoms with Crippen molar-refractivity contribution in [2.24, 2.45) is 0 Å². The monoisotopic (exact) mass is 387 g/mol. The van der Waals surface area contributed by atoms with Crippen molar-refractivity contribution in [2.45, 2.75) is 37.8 Å². The van der Waals surface area contributed by atoms with E-state index >= 15 is 0 Å². The summed E-state index contributed by atoms with van der Waals surface area (Å²) in [5.41, 5.74) is -1.24. The number of amides is 1. The van der Waals surface area contributed by atoms with E-state index in [1.54, 1.807) is 0 Å². The van der Waals surface area contributed by atoms with Crippen LogP contribution in [0.3, 0.4) is 0 Å². The molecule has 0 atom stereocenters. The Kier molecular flexibility index (Phi) is 3.98. The predicted molar refractivity (Wildman–Crippen MR) is 85.4 cm³/mol. The van der Waals surface area contributed by atoms with Crippen LogP contribution < -0.4 is 0 Å². The number of fused-ring (bicyclic) bond motifs is 1. The smallest absolute Gasteiger partial charge is 0.275 e. The van der Waals surface area contributed by atoms with Crippen molar-refractivity contribution < 1.29 is 22.4 Å². The highest BCUT2D eigenvalue weighted by atomic mass is 35.5. The minimum atomic E-state index is -2.63. The minimum Gasteiger partial charge on any atom is -0.325 e. The Morgan fingerprint density at radius 2 is 1.88 bits per heavy atom. The van der Waals surface area contributed by atoms with Crippen LogP contribution in [0.4, 0.5) is 17.6 Å². The van der Waals surface area contributed by atoms with Crippen molar-refractivity contribution in [2.75, 3.05) is 6.54 Å². The first kappa shape index (κ1) is 17.3. The van der Waals surface area contributed by atoms with E-state index in [0.29, 0.717) is 5.56 Å². The molecule has 0 spiro atoms. The number of benzene rings is 1. The number of hydrogen-bond donors (Lipinski definition) is 0. The molecule has 9 heteroatoms. The van der Waals surface area contributed by atoms with Crippen LogP contribution in [-0.2, 0) is 13.0 Å². The first-order chi connectivity index (χ1) is 12.3. The van der Waals surface area contributed by atoms with Crippen LogP contribution in [0.5, 0.6) is 0 Å². The molecule has 0 N–H and O–H groups in total. The molecular formula is C17H14ClF4N3O. The molecule has 1 fully saturated rings. The first-order valence-electron chi connectivity index (χ1n) is 8.13. The molecule has 1 amide bonds. The van der Waals surface area contributed by atoms with E-state index in [0.717, 1.165) is 21.7 Å². The van der Waals surface area contributed by atoms with E-state index in [4.69, 9.17) is 11.6 Å². The topological polar surface area (TPSA) is 38.1 Å². The maximum atomic E-state index is 13.9. The Labute approximate surface area is 151 Å². The van der Waals surface area contributed by atoms with Crippen molar-refractivity contribution in [3.05, 3.63) is 51.8 Å². The van der Waals surface area contributed by atoms with Gasteiger partial charge in [-0.05, 0) is 31.4 Å². The largest absolute Gasteiger partial charge is 0.325 e. The quantitative estimate of drug-likeness (QED) is 0.751. The molecule has 4 nitrogen and oxygen atoms in total. The SMILES string of the molecule is O=C1c2nn(Cc3c(F)cccc3F)c(Cl)c2CCN1C1(C(F)F)CC1. The molecule has 1 saturated carbocycles. The summed E-state index contributed by atoms with van der Waals surface area (Å²) in [5, 5.41) is 4.17. The highest BCUT2D eigenvalue weighted by molar-refractivity contribution is 6.31. The number of nitrogens with zero attached hydrogens (tertiary/aromatic N) is 3. The van der Waals surface area contributed by atoms with Crippen molar-refractivity contribution in [1.29, 1.82) is 0 Å². The first-order valence-corrected chi connectivity index (χ1v) is 8.51. The van der Waals surface area contributed by atoms with E-state index in [1.165, 1.54) is 6.07 Å². The number of aromatic nitrogens is 2. The van der Waals surface area contributed by atoms with Crippen LogP contribution in [0, 0.1) is 11.6 Å². The average molecular weight is 388 g/mol. The Hall–Kier alpha value is -2.09. The lowest BCUT2D eigenvalue weighted by Gasteiger charge is -2.33. The fourth-order valence-corrected chi connectivity index (χ4v) is 3.70. The second kappa shape index (κ2) is 5.97. The molecule has 4 rings (SSSR count). The van der Waals surface area contributed by atoms with E-state index in [1.807, 2.05) is 0 Å². The molecule has 2 heterocycles. The Morgan fingerprint density at radius 1 is 1.23 bits per heavy atom. The molecule has 2 aromatic rings. The van der Waals surface area contributed by atoms with Crippen molar-refractivity contribution in [1.82, 2.24) is 14.7 Å². The van der Waals surface area contributed by atoms with Gasteiger partial charge in [-0.15, -0.1) is 0 Å². The summed E-state index contributed by atoms with van der Waals surface area (Å²) in [7, 11) is 0. The molecule has 0 radical (unpaired) electrons. The van der Waals surface area contributed by atoms with Gasteiger partial charge in [-0.2, -0.15) is 5.10 Å². The number of halogens is 5. The zero-order valence-corrected chi connectivity index (χ0v) is 14.2. The highest BCUT2D eigenvalue weighted by Gasteiger charge is 2.58. The second-order valence-corrected chi connectivity index (χ2v) is 6.94. The maximum absolute atomic E-state index is 13.9. The van der Waals surface area contributed by atoms with E-state index in [-0.39, 0.29) is 48.8 Å². The molecule has 1 aromatic heterocycles. The zero-order chi connectivity index (χ0) is 18.6. The van der Waals surface area contributed by atoms with E-state index in [2.05, 4.69) is 5.10 Å². The van der Waals surface area contributed by atoms with Gasteiger partial charge in [0, 0.05) is 17.7 Å². The van der Waals surface area contributed by atoms with Gasteiger partial charge in [0.2, 0.25) is 0 Å². The number of carbonyl (C=O) groups is 1. The van der Waals surface area contributed by atoms with Crippen molar-refractivity contribution >= 4 is 17.5 Å². The molecule has 1 aliphatic carbocycles. The fraction of sp³-hybridized carbons (Fsp3) is 0.412. The third kappa shape index (κ3) is 2.50. The zero-order valence-electron chi connectivity index (χ0n) is 13.5. The fourth-order valence-electron chi connectivity index (χ4n) is 3.42. The van der Waals surface area contributed by atoms with Gasteiger partial charge in [0.15, 0.2) is 5.69 Å². The van der Waals surface area contributed by atoms with Gasteiger partial charge in [0.1, 0.15) is 22.3 Å². The van der Waals surface area contributed by atoms with Gasteiger partial charge >= 0.3 is 0 Å². The third-order valence-electron chi connectivity index (χ3n) is 5.09. The summed E-state index contributed by atoms with van der Waals surface area (Å²) >= 11 is 6.24. The lowest BCUT2D eigenvalue weighted by Crippen LogP contribution is -2.50. The van der Waals surface area contributed by atoms with Crippen LogP contribution >= 0.6 is 11.6 Å². The van der Waals surface area contributed by atoms with Gasteiger partial charge in [-0.1, -0.05) is 17.7 Å². The normalized spacial score (nSPS) is 18.4. The molecular weight excluding hydrogens is 374 g/mol. The van der Waals surface area contributed by atoms with Crippen LogP contribution in [0.15, 0.2) is 18.2 Å². The Balaban J connectivity index is 1.67. The molecule has 0 unspecified atom stereocenters. The van der Waals surface area contributed by atoms with Crippen LogP contribution in [0.25, 0.3) is 0 Å². The van der Waals surface area contributed by atoms with Gasteiger partial charge < -0.3 is 4.90 Å². The molecule has 2 aliphatic rings. The Morgan fingerprint density at radius 3 is 2.46 bits per heavy atom. The summed E-state index contributed by atoms with van der Waals surface area (Å²) in [5.74, 6) is -2.12. The van der Waals surface area contributed by atoms with Crippen molar-refractivity contribution in [3.63, 3.8) is 0 Å². The maximum Gasteiger partial charge on any atom is 0.275 e. The van der Waals surface area contributed by atoms with E-state index < -0.39 is 29.5 Å². The number of carbonyl (C=O) groups excluding carboxylic acids is 1. The Bertz CT molecular complexity index is 874. The lowest BCUT2D eigenvalue weighted by molar-refractivity contribution is 0.00732. The lowest BCUT2D eigenvalue weighted by atomic mass is 10.0. The summed E-state index contributed by atoms with van der Waals surface area (Å²) in [4.78, 5) is 13.8. The molecule has 1 aliphatic heterocycles. The minimum absolute atomic E-state index is 0.0232. The van der Waals surface area contributed by atoms with Crippen molar-refractivity contribution in [3.8, 4) is 0 Å². The predicted octanol–water partition coefficient (Wildman–Crippen LogP) is 3.66. The molecule has 0 saturated heterocycles. The molecule has 1 aromatic carbocycles. The highest BCUT2D eigenvalue weighted by Crippen LogP contribution is 2.48. The second-order valence-electron chi connectivity index (χ2n) is 6.59. The number of hydrogen-bond acceptors (Lipinski definition) is 2. The summed E-state index contributed by atoms with van der Waals surface area (Å²) in [6.45, 7) is -0.173. The molecule has 26 heavy (non-hydrogen) atoms. The van der Waals surface area contributed by atoms with Crippen LogP contribution in [-0.4, -0.2) is 39.1 Å². The standard InChI is InChI=1S/C17H14ClF4N3O/c18-14-9-4-7-24(17(5-6-17)16(21)22)15(26)13(9)23-25(14)8-10-11(19)2-1-3-12(10)20/h1-3,16H,4-8H2. The third-order valence-corrected chi connectivity index (χ3v) is 5.51. The molecule has 0 bridgehead atoms. The summed E-state index contributed by atoms with van der Waals surface area (Å²) in [6, 6.07) is 3.47.